The van der Waals surface area contributed by atoms with Gasteiger partial charge in [-0.15, -0.1) is 0 Å². The minimum Gasteiger partial charge on any atom is -0.463 e. The summed E-state index contributed by atoms with van der Waals surface area (Å²) >= 11 is 0. The fraction of sp³-hybridized carbons (Fsp3) is 0.812. The highest BCUT2D eigenvalue weighted by molar-refractivity contribution is 5.66. The highest BCUT2D eigenvalue weighted by atomic mass is 16.5. The second-order valence-electron chi connectivity index (χ2n) is 6.25. The highest BCUT2D eigenvalue weighted by Gasteiger charge is 2.26. The molecule has 1 aliphatic rings. The van der Waals surface area contributed by atoms with Gasteiger partial charge >= 0.3 is 5.97 Å². The first kappa shape index (κ1) is 16.2. The molecule has 0 aliphatic heterocycles. The van der Waals surface area contributed by atoms with Crippen molar-refractivity contribution in [2.24, 2.45) is 11.8 Å². The Hall–Kier alpha value is -0.830. The summed E-state index contributed by atoms with van der Waals surface area (Å²) < 4.78 is 5.12. The number of allylic oxidation sites excluding steroid dienone is 1. The molecule has 0 spiro atoms. The smallest absolute Gasteiger partial charge is 0.302 e. The van der Waals surface area contributed by atoms with E-state index in [1.807, 2.05) is 19.9 Å². The van der Waals surface area contributed by atoms with Crippen LogP contribution in [0.25, 0.3) is 0 Å². The molecule has 19 heavy (non-hydrogen) atoms. The summed E-state index contributed by atoms with van der Waals surface area (Å²) in [5.41, 5.74) is -0.611. The van der Waals surface area contributed by atoms with E-state index in [0.717, 1.165) is 32.1 Å². The van der Waals surface area contributed by atoms with Crippen molar-refractivity contribution in [1.82, 2.24) is 0 Å². The van der Waals surface area contributed by atoms with Gasteiger partial charge in [0.15, 0.2) is 0 Å². The fourth-order valence-electron chi connectivity index (χ4n) is 2.73. The SMILES string of the molecule is CC(=O)O[C@@H](C)CCC[C@@H](C)[C@H]1C=C[C@@](C)(O)CC1. The molecule has 0 saturated carbocycles. The molecule has 0 saturated heterocycles. The third kappa shape index (κ3) is 6.24. The molecule has 110 valence electrons. The summed E-state index contributed by atoms with van der Waals surface area (Å²) in [6.45, 7) is 7.54. The van der Waals surface area contributed by atoms with Gasteiger partial charge in [-0.25, -0.2) is 0 Å². The van der Waals surface area contributed by atoms with Crippen LogP contribution in [0.1, 0.15) is 59.8 Å². The maximum Gasteiger partial charge on any atom is 0.302 e. The van der Waals surface area contributed by atoms with Crippen molar-refractivity contribution in [3.8, 4) is 0 Å². The number of carbonyl (C=O) groups is 1. The number of ether oxygens (including phenoxy) is 1. The van der Waals surface area contributed by atoms with Crippen molar-refractivity contribution >= 4 is 5.97 Å². The molecule has 0 aromatic rings. The first-order valence-electron chi connectivity index (χ1n) is 7.39. The summed E-state index contributed by atoms with van der Waals surface area (Å²) in [5, 5.41) is 9.87. The number of hydrogen-bond acceptors (Lipinski definition) is 3. The molecule has 1 aliphatic carbocycles. The van der Waals surface area contributed by atoms with Gasteiger partial charge in [-0.05, 0) is 51.4 Å². The Morgan fingerprint density at radius 2 is 2.16 bits per heavy atom. The zero-order valence-electron chi connectivity index (χ0n) is 12.7. The van der Waals surface area contributed by atoms with Gasteiger partial charge in [0, 0.05) is 6.92 Å². The summed E-state index contributed by atoms with van der Waals surface area (Å²) in [4.78, 5) is 10.8. The van der Waals surface area contributed by atoms with Crippen molar-refractivity contribution in [3.63, 3.8) is 0 Å². The lowest BCUT2D eigenvalue weighted by atomic mass is 9.78. The van der Waals surface area contributed by atoms with Gasteiger partial charge in [0.1, 0.15) is 0 Å². The Bertz CT molecular complexity index is 320. The Kier molecular flexibility index (Phi) is 6.05. The number of aliphatic hydroxyl groups is 1. The van der Waals surface area contributed by atoms with E-state index in [1.165, 1.54) is 6.92 Å². The molecule has 0 bridgehead atoms. The van der Waals surface area contributed by atoms with E-state index in [-0.39, 0.29) is 12.1 Å². The van der Waals surface area contributed by atoms with Gasteiger partial charge < -0.3 is 9.84 Å². The van der Waals surface area contributed by atoms with Crippen molar-refractivity contribution < 1.29 is 14.6 Å². The molecule has 1 rings (SSSR count). The van der Waals surface area contributed by atoms with E-state index < -0.39 is 5.60 Å². The third-order valence-corrected chi connectivity index (χ3v) is 4.05. The van der Waals surface area contributed by atoms with Crippen LogP contribution in [0.5, 0.6) is 0 Å². The monoisotopic (exact) mass is 268 g/mol. The topological polar surface area (TPSA) is 46.5 Å². The fourth-order valence-corrected chi connectivity index (χ4v) is 2.73. The van der Waals surface area contributed by atoms with Crippen LogP contribution in [-0.2, 0) is 9.53 Å². The number of rotatable bonds is 6. The van der Waals surface area contributed by atoms with E-state index in [1.54, 1.807) is 0 Å². The quantitative estimate of drug-likeness (QED) is 0.593. The Morgan fingerprint density at radius 3 is 2.68 bits per heavy atom. The largest absolute Gasteiger partial charge is 0.463 e. The van der Waals surface area contributed by atoms with Crippen LogP contribution >= 0.6 is 0 Å². The van der Waals surface area contributed by atoms with Crippen LogP contribution in [0, 0.1) is 11.8 Å². The maximum atomic E-state index is 10.8. The third-order valence-electron chi connectivity index (χ3n) is 4.05. The number of carbonyl (C=O) groups excluding carboxylic acids is 1. The molecule has 0 unspecified atom stereocenters. The summed E-state index contributed by atoms with van der Waals surface area (Å²) in [6, 6.07) is 0. The van der Waals surface area contributed by atoms with E-state index in [9.17, 15) is 9.90 Å². The number of hydrogen-bond donors (Lipinski definition) is 1. The minimum absolute atomic E-state index is 0.0207. The molecule has 0 radical (unpaired) electrons. The standard InChI is InChI=1S/C16H28O3/c1-12(6-5-7-13(2)19-14(3)17)15-8-10-16(4,18)11-9-15/h8,10,12-13,15,18H,5-7,9,11H2,1-4H3/t12-,13+,15+,16-/m1/s1. The second-order valence-corrected chi connectivity index (χ2v) is 6.25. The molecule has 3 heteroatoms. The lowest BCUT2D eigenvalue weighted by molar-refractivity contribution is -0.145. The van der Waals surface area contributed by atoms with Crippen LogP contribution in [0.15, 0.2) is 12.2 Å². The van der Waals surface area contributed by atoms with Crippen LogP contribution < -0.4 is 0 Å². The highest BCUT2D eigenvalue weighted by Crippen LogP contribution is 2.32. The molecular weight excluding hydrogens is 240 g/mol. The van der Waals surface area contributed by atoms with Gasteiger partial charge in [0.25, 0.3) is 0 Å². The summed E-state index contributed by atoms with van der Waals surface area (Å²) in [6.07, 6.45) is 9.19. The van der Waals surface area contributed by atoms with E-state index in [4.69, 9.17) is 4.74 Å². The lowest BCUT2D eigenvalue weighted by Gasteiger charge is -2.30. The van der Waals surface area contributed by atoms with Gasteiger partial charge in [0.2, 0.25) is 0 Å². The zero-order valence-corrected chi connectivity index (χ0v) is 12.7. The molecule has 3 nitrogen and oxygen atoms in total. The lowest BCUT2D eigenvalue weighted by Crippen LogP contribution is -2.27. The number of esters is 1. The van der Waals surface area contributed by atoms with Gasteiger partial charge in [-0.3, -0.25) is 4.79 Å². The molecule has 1 N–H and O–H groups in total. The molecule has 0 amide bonds. The summed E-state index contributed by atoms with van der Waals surface area (Å²) in [7, 11) is 0. The first-order valence-corrected chi connectivity index (χ1v) is 7.39. The average Bonchev–Trinajstić information content (AvgIpc) is 2.27. The molecule has 0 aromatic heterocycles. The molecule has 4 atom stereocenters. The molecular formula is C16H28O3. The van der Waals surface area contributed by atoms with Gasteiger partial charge in [-0.1, -0.05) is 25.5 Å². The van der Waals surface area contributed by atoms with E-state index in [0.29, 0.717) is 11.8 Å². The Labute approximate surface area is 117 Å². The predicted molar refractivity (Wildman–Crippen MR) is 76.7 cm³/mol. The predicted octanol–water partition coefficient (Wildman–Crippen LogP) is 3.46. The van der Waals surface area contributed by atoms with E-state index >= 15 is 0 Å². The molecule has 0 aromatic carbocycles. The van der Waals surface area contributed by atoms with Crippen LogP contribution in [0.3, 0.4) is 0 Å². The first-order chi connectivity index (χ1) is 8.80. The maximum absolute atomic E-state index is 10.8. The molecule has 0 fully saturated rings. The Morgan fingerprint density at radius 1 is 1.47 bits per heavy atom. The van der Waals surface area contributed by atoms with E-state index in [2.05, 4.69) is 13.0 Å². The van der Waals surface area contributed by atoms with Gasteiger partial charge in [0.05, 0.1) is 11.7 Å². The minimum atomic E-state index is -0.611. The Balaban J connectivity index is 2.25. The van der Waals surface area contributed by atoms with Gasteiger partial charge in [-0.2, -0.15) is 0 Å². The van der Waals surface area contributed by atoms with Crippen LogP contribution in [-0.4, -0.2) is 22.8 Å². The zero-order chi connectivity index (χ0) is 14.5. The van der Waals surface area contributed by atoms with Crippen molar-refractivity contribution in [2.45, 2.75) is 71.5 Å². The summed E-state index contributed by atoms with van der Waals surface area (Å²) in [5.74, 6) is 0.999. The van der Waals surface area contributed by atoms with Crippen molar-refractivity contribution in [3.05, 3.63) is 12.2 Å². The van der Waals surface area contributed by atoms with Crippen molar-refractivity contribution in [2.75, 3.05) is 0 Å². The van der Waals surface area contributed by atoms with Crippen LogP contribution in [0.4, 0.5) is 0 Å². The average molecular weight is 268 g/mol. The molecule has 0 heterocycles. The van der Waals surface area contributed by atoms with Crippen LogP contribution in [0.2, 0.25) is 0 Å². The normalized spacial score (nSPS) is 29.8. The second kappa shape index (κ2) is 7.09. The van der Waals surface area contributed by atoms with Crippen molar-refractivity contribution in [1.29, 1.82) is 0 Å².